The largest absolute Gasteiger partial charge is 0.336 e. The fourth-order valence-corrected chi connectivity index (χ4v) is 2.30. The van der Waals surface area contributed by atoms with Crippen molar-refractivity contribution in [2.75, 3.05) is 26.0 Å². The fourth-order valence-electron chi connectivity index (χ4n) is 2.17. The smallest absolute Gasteiger partial charge is 0.319 e. The molecular weight excluding hydrogens is 298 g/mol. The van der Waals surface area contributed by atoms with Gasteiger partial charge in [0.05, 0.1) is 6.04 Å². The maximum Gasteiger partial charge on any atom is 0.319 e. The number of rotatable bonds is 5. The summed E-state index contributed by atoms with van der Waals surface area (Å²) in [6.45, 7) is 0.524. The second kappa shape index (κ2) is 7.82. The molecule has 0 aromatic heterocycles. The third kappa shape index (κ3) is 4.76. The summed E-state index contributed by atoms with van der Waals surface area (Å²) in [6.07, 6.45) is 0. The standard InChI is InChI=1S/C17H20ClN3O/c1-21(2)16(13-6-4-3-5-7-13)12-19-17(22)20-15-10-8-14(18)9-11-15/h3-11,16H,12H2,1-2H3,(H2,19,20,22). The topological polar surface area (TPSA) is 44.4 Å². The molecule has 0 saturated heterocycles. The van der Waals surface area contributed by atoms with Gasteiger partial charge in [-0.3, -0.25) is 0 Å². The van der Waals surface area contributed by atoms with E-state index in [1.807, 2.05) is 32.3 Å². The second-order valence-corrected chi connectivity index (χ2v) is 5.67. The minimum atomic E-state index is -0.231. The normalized spacial score (nSPS) is 12.0. The molecule has 2 rings (SSSR count). The molecule has 2 aromatic rings. The van der Waals surface area contributed by atoms with Crippen LogP contribution >= 0.6 is 11.6 Å². The first kappa shape index (κ1) is 16.3. The zero-order valence-corrected chi connectivity index (χ0v) is 13.5. The molecular formula is C17H20ClN3O. The van der Waals surface area contributed by atoms with Crippen molar-refractivity contribution >= 4 is 23.3 Å². The molecule has 1 unspecified atom stereocenters. The predicted molar refractivity (Wildman–Crippen MR) is 91.3 cm³/mol. The molecule has 0 aliphatic carbocycles. The molecule has 0 radical (unpaired) electrons. The van der Waals surface area contributed by atoms with Gasteiger partial charge in [0.15, 0.2) is 0 Å². The molecule has 0 fully saturated rings. The number of urea groups is 1. The van der Waals surface area contributed by atoms with E-state index in [4.69, 9.17) is 11.6 Å². The summed E-state index contributed by atoms with van der Waals surface area (Å²) < 4.78 is 0. The van der Waals surface area contributed by atoms with Crippen molar-refractivity contribution in [3.05, 3.63) is 65.2 Å². The average Bonchev–Trinajstić information content (AvgIpc) is 2.50. The number of hydrogen-bond donors (Lipinski definition) is 2. The van der Waals surface area contributed by atoms with Crippen LogP contribution < -0.4 is 10.6 Å². The Bertz CT molecular complexity index is 599. The Morgan fingerprint density at radius 2 is 1.73 bits per heavy atom. The Balaban J connectivity index is 1.92. The quantitative estimate of drug-likeness (QED) is 0.881. The average molecular weight is 318 g/mol. The van der Waals surface area contributed by atoms with E-state index in [0.29, 0.717) is 17.3 Å². The minimum Gasteiger partial charge on any atom is -0.336 e. The van der Waals surface area contributed by atoms with Crippen LogP contribution in [-0.2, 0) is 0 Å². The third-order valence-electron chi connectivity index (χ3n) is 3.37. The number of hydrogen-bond acceptors (Lipinski definition) is 2. The highest BCUT2D eigenvalue weighted by Gasteiger charge is 2.14. The Labute approximate surface area is 136 Å². The highest BCUT2D eigenvalue weighted by molar-refractivity contribution is 6.30. The van der Waals surface area contributed by atoms with Crippen LogP contribution in [0, 0.1) is 0 Å². The van der Waals surface area contributed by atoms with Crippen molar-refractivity contribution in [2.24, 2.45) is 0 Å². The van der Waals surface area contributed by atoms with Crippen molar-refractivity contribution < 1.29 is 4.79 Å². The van der Waals surface area contributed by atoms with Crippen molar-refractivity contribution in [3.63, 3.8) is 0 Å². The highest BCUT2D eigenvalue weighted by Crippen LogP contribution is 2.17. The maximum absolute atomic E-state index is 12.0. The number of benzene rings is 2. The number of likely N-dealkylation sites (N-methyl/N-ethyl adjacent to an activating group) is 1. The van der Waals surface area contributed by atoms with Crippen molar-refractivity contribution in [3.8, 4) is 0 Å². The van der Waals surface area contributed by atoms with Gasteiger partial charge in [-0.05, 0) is 43.9 Å². The van der Waals surface area contributed by atoms with Crippen LogP contribution in [0.25, 0.3) is 0 Å². The van der Waals surface area contributed by atoms with Gasteiger partial charge in [0.25, 0.3) is 0 Å². The molecule has 2 aromatic carbocycles. The summed E-state index contributed by atoms with van der Waals surface area (Å²) in [5, 5.41) is 6.33. The number of amides is 2. The van der Waals surface area contributed by atoms with Gasteiger partial charge in [0.1, 0.15) is 0 Å². The number of anilines is 1. The lowest BCUT2D eigenvalue weighted by Gasteiger charge is -2.25. The van der Waals surface area contributed by atoms with Crippen LogP contribution in [0.4, 0.5) is 10.5 Å². The number of halogens is 1. The van der Waals surface area contributed by atoms with E-state index in [0.717, 1.165) is 0 Å². The lowest BCUT2D eigenvalue weighted by Crippen LogP contribution is -2.36. The minimum absolute atomic E-state index is 0.122. The molecule has 22 heavy (non-hydrogen) atoms. The lowest BCUT2D eigenvalue weighted by molar-refractivity contribution is 0.243. The van der Waals surface area contributed by atoms with E-state index in [9.17, 15) is 4.79 Å². The van der Waals surface area contributed by atoms with Crippen LogP contribution in [0.2, 0.25) is 5.02 Å². The number of nitrogens with one attached hydrogen (secondary N) is 2. The van der Waals surface area contributed by atoms with Crippen molar-refractivity contribution in [1.82, 2.24) is 10.2 Å². The second-order valence-electron chi connectivity index (χ2n) is 5.23. The fraction of sp³-hybridized carbons (Fsp3) is 0.235. The van der Waals surface area contributed by atoms with Crippen molar-refractivity contribution in [2.45, 2.75) is 6.04 Å². The first-order valence-corrected chi connectivity index (χ1v) is 7.46. The first-order chi connectivity index (χ1) is 10.6. The molecule has 0 aliphatic rings. The number of carbonyl (C=O) groups is 1. The first-order valence-electron chi connectivity index (χ1n) is 7.08. The monoisotopic (exact) mass is 317 g/mol. The van der Waals surface area contributed by atoms with E-state index in [1.165, 1.54) is 5.56 Å². The van der Waals surface area contributed by atoms with E-state index in [2.05, 4.69) is 27.7 Å². The Kier molecular flexibility index (Phi) is 5.81. The molecule has 2 N–H and O–H groups in total. The van der Waals surface area contributed by atoms with Crippen molar-refractivity contribution in [1.29, 1.82) is 0 Å². The zero-order chi connectivity index (χ0) is 15.9. The van der Waals surface area contributed by atoms with Crippen LogP contribution in [0.5, 0.6) is 0 Å². The maximum atomic E-state index is 12.0. The van der Waals surface area contributed by atoms with Gasteiger partial charge in [0.2, 0.25) is 0 Å². The summed E-state index contributed by atoms with van der Waals surface area (Å²) in [7, 11) is 3.99. The van der Waals surface area contributed by atoms with Gasteiger partial charge in [-0.1, -0.05) is 41.9 Å². The molecule has 2 amide bonds. The van der Waals surface area contributed by atoms with Gasteiger partial charge >= 0.3 is 6.03 Å². The van der Waals surface area contributed by atoms with E-state index >= 15 is 0 Å². The predicted octanol–water partition coefficient (Wildman–Crippen LogP) is 3.76. The molecule has 0 spiro atoms. The van der Waals surface area contributed by atoms with Gasteiger partial charge in [-0.2, -0.15) is 0 Å². The van der Waals surface area contributed by atoms with E-state index < -0.39 is 0 Å². The van der Waals surface area contributed by atoms with Crippen LogP contribution in [0.1, 0.15) is 11.6 Å². The van der Waals surface area contributed by atoms with Gasteiger partial charge in [0, 0.05) is 17.3 Å². The Morgan fingerprint density at radius 3 is 2.32 bits per heavy atom. The summed E-state index contributed by atoms with van der Waals surface area (Å²) in [5.74, 6) is 0. The lowest BCUT2D eigenvalue weighted by atomic mass is 10.1. The molecule has 0 aliphatic heterocycles. The molecule has 116 valence electrons. The van der Waals surface area contributed by atoms with Gasteiger partial charge < -0.3 is 15.5 Å². The van der Waals surface area contributed by atoms with Crippen LogP contribution in [-0.4, -0.2) is 31.6 Å². The molecule has 5 heteroatoms. The molecule has 0 heterocycles. The number of nitrogens with zero attached hydrogens (tertiary/aromatic N) is 1. The van der Waals surface area contributed by atoms with Gasteiger partial charge in [-0.15, -0.1) is 0 Å². The SMILES string of the molecule is CN(C)C(CNC(=O)Nc1ccc(Cl)cc1)c1ccccc1. The summed E-state index contributed by atoms with van der Waals surface area (Å²) in [4.78, 5) is 14.1. The van der Waals surface area contributed by atoms with Gasteiger partial charge in [-0.25, -0.2) is 4.79 Å². The summed E-state index contributed by atoms with van der Waals surface area (Å²) in [6, 6.07) is 17.0. The summed E-state index contributed by atoms with van der Waals surface area (Å²) in [5.41, 5.74) is 1.88. The van der Waals surface area contributed by atoms with E-state index in [-0.39, 0.29) is 12.1 Å². The van der Waals surface area contributed by atoms with Crippen LogP contribution in [0.3, 0.4) is 0 Å². The zero-order valence-electron chi connectivity index (χ0n) is 12.7. The third-order valence-corrected chi connectivity index (χ3v) is 3.62. The Morgan fingerprint density at radius 1 is 1.09 bits per heavy atom. The Hall–Kier alpha value is -2.04. The molecule has 1 atom stereocenters. The van der Waals surface area contributed by atoms with E-state index in [1.54, 1.807) is 24.3 Å². The number of carbonyl (C=O) groups excluding carboxylic acids is 1. The summed E-state index contributed by atoms with van der Waals surface area (Å²) >= 11 is 5.82. The molecule has 0 saturated carbocycles. The molecule has 4 nitrogen and oxygen atoms in total. The molecule has 0 bridgehead atoms. The highest BCUT2D eigenvalue weighted by atomic mass is 35.5. The van der Waals surface area contributed by atoms with Crippen LogP contribution in [0.15, 0.2) is 54.6 Å².